The third-order valence-corrected chi connectivity index (χ3v) is 4.02. The van der Waals surface area contributed by atoms with Gasteiger partial charge >= 0.3 is 0 Å². The van der Waals surface area contributed by atoms with E-state index in [1.54, 1.807) is 6.07 Å². The number of hydrogen-bond donors (Lipinski definition) is 1. The first-order valence-corrected chi connectivity index (χ1v) is 7.85. The maximum atomic E-state index is 13.7. The van der Waals surface area contributed by atoms with Crippen molar-refractivity contribution < 1.29 is 18.0 Å². The number of anilines is 1. The molecule has 0 spiro atoms. The topological polar surface area (TPSA) is 42.0 Å². The summed E-state index contributed by atoms with van der Waals surface area (Å²) in [5, 5.41) is 4.27. The number of thiazole rings is 1. The normalized spacial score (nSPS) is 10.6. The molecule has 3 aromatic rings. The number of halogens is 3. The SMILES string of the molecule is O=C(Cc1ccccc1F)Nc1nc(-c2cc(F)ccc2F)cs1. The predicted octanol–water partition coefficient (Wildman–Crippen LogP) is 4.41. The second-order valence-corrected chi connectivity index (χ2v) is 5.84. The number of carbonyl (C=O) groups excluding carboxylic acids is 1. The first-order chi connectivity index (χ1) is 11.5. The molecule has 7 heteroatoms. The van der Waals surface area contributed by atoms with E-state index in [9.17, 15) is 18.0 Å². The molecule has 1 aromatic heterocycles. The average molecular weight is 348 g/mol. The number of amides is 1. The Balaban J connectivity index is 1.73. The van der Waals surface area contributed by atoms with E-state index in [1.165, 1.54) is 23.6 Å². The number of benzene rings is 2. The standard InChI is InChI=1S/C17H11F3N2OS/c18-11-5-6-14(20)12(8-11)15-9-24-17(21-15)22-16(23)7-10-3-1-2-4-13(10)19/h1-6,8-9H,7H2,(H,21,22,23). The van der Waals surface area contributed by atoms with Crippen molar-refractivity contribution in [3.05, 3.63) is 70.9 Å². The Bertz CT molecular complexity index is 895. The van der Waals surface area contributed by atoms with E-state index >= 15 is 0 Å². The number of nitrogens with one attached hydrogen (secondary N) is 1. The zero-order chi connectivity index (χ0) is 17.1. The summed E-state index contributed by atoms with van der Waals surface area (Å²) >= 11 is 1.08. The fourth-order valence-corrected chi connectivity index (χ4v) is 2.85. The molecular weight excluding hydrogens is 337 g/mol. The van der Waals surface area contributed by atoms with Gasteiger partial charge in [-0.05, 0) is 29.8 Å². The molecule has 1 heterocycles. The van der Waals surface area contributed by atoms with E-state index in [0.29, 0.717) is 0 Å². The van der Waals surface area contributed by atoms with Crippen molar-refractivity contribution in [3.8, 4) is 11.3 Å². The summed E-state index contributed by atoms with van der Waals surface area (Å²) in [7, 11) is 0. The molecule has 0 saturated heterocycles. The molecule has 3 nitrogen and oxygen atoms in total. The lowest BCUT2D eigenvalue weighted by Gasteiger charge is -2.03. The van der Waals surface area contributed by atoms with Crippen LogP contribution in [-0.2, 0) is 11.2 Å². The van der Waals surface area contributed by atoms with Gasteiger partial charge in [-0.2, -0.15) is 0 Å². The van der Waals surface area contributed by atoms with Crippen molar-refractivity contribution in [2.24, 2.45) is 0 Å². The fourth-order valence-electron chi connectivity index (χ4n) is 2.13. The minimum Gasteiger partial charge on any atom is -0.302 e. The van der Waals surface area contributed by atoms with Crippen LogP contribution >= 0.6 is 11.3 Å². The Morgan fingerprint density at radius 1 is 1.08 bits per heavy atom. The molecule has 1 N–H and O–H groups in total. The maximum Gasteiger partial charge on any atom is 0.230 e. The molecule has 0 bridgehead atoms. The molecule has 0 saturated carbocycles. The van der Waals surface area contributed by atoms with Crippen LogP contribution in [0.2, 0.25) is 0 Å². The molecule has 3 rings (SSSR count). The van der Waals surface area contributed by atoms with Crippen LogP contribution in [0, 0.1) is 17.5 Å². The van der Waals surface area contributed by atoms with E-state index in [2.05, 4.69) is 10.3 Å². The van der Waals surface area contributed by atoms with E-state index in [0.717, 1.165) is 29.5 Å². The summed E-state index contributed by atoms with van der Waals surface area (Å²) in [6.07, 6.45) is -0.143. The van der Waals surface area contributed by atoms with Gasteiger partial charge in [-0.1, -0.05) is 18.2 Å². The minimum atomic E-state index is -0.606. The monoisotopic (exact) mass is 348 g/mol. The Morgan fingerprint density at radius 2 is 1.88 bits per heavy atom. The third kappa shape index (κ3) is 3.62. The second kappa shape index (κ2) is 6.84. The smallest absolute Gasteiger partial charge is 0.230 e. The van der Waals surface area contributed by atoms with Gasteiger partial charge in [0.2, 0.25) is 5.91 Å². The number of nitrogens with zero attached hydrogens (tertiary/aromatic N) is 1. The van der Waals surface area contributed by atoms with Crippen LogP contribution in [-0.4, -0.2) is 10.9 Å². The largest absolute Gasteiger partial charge is 0.302 e. The Kier molecular flexibility index (Phi) is 4.61. The zero-order valence-electron chi connectivity index (χ0n) is 12.2. The number of carbonyl (C=O) groups is 1. The van der Waals surface area contributed by atoms with E-state index in [4.69, 9.17) is 0 Å². The molecule has 1 amide bonds. The Hall–Kier alpha value is -2.67. The molecule has 122 valence electrons. The summed E-state index contributed by atoms with van der Waals surface area (Å²) in [6, 6.07) is 9.04. The van der Waals surface area contributed by atoms with E-state index in [1.807, 2.05) is 0 Å². The summed E-state index contributed by atoms with van der Waals surface area (Å²) in [4.78, 5) is 16.0. The lowest BCUT2D eigenvalue weighted by Crippen LogP contribution is -2.15. The molecular formula is C17H11F3N2OS. The van der Waals surface area contributed by atoms with Gasteiger partial charge in [0.1, 0.15) is 17.5 Å². The van der Waals surface area contributed by atoms with Crippen molar-refractivity contribution in [1.29, 1.82) is 0 Å². The van der Waals surface area contributed by atoms with Gasteiger partial charge in [0.25, 0.3) is 0 Å². The molecule has 0 fully saturated rings. The summed E-state index contributed by atoms with van der Waals surface area (Å²) in [6.45, 7) is 0. The summed E-state index contributed by atoms with van der Waals surface area (Å²) in [5.41, 5.74) is 0.502. The van der Waals surface area contributed by atoms with Crippen molar-refractivity contribution in [2.75, 3.05) is 5.32 Å². The highest BCUT2D eigenvalue weighted by Crippen LogP contribution is 2.27. The quantitative estimate of drug-likeness (QED) is 0.759. The number of aromatic nitrogens is 1. The lowest BCUT2D eigenvalue weighted by molar-refractivity contribution is -0.115. The molecule has 2 aromatic carbocycles. The van der Waals surface area contributed by atoms with Crippen LogP contribution in [0.25, 0.3) is 11.3 Å². The minimum absolute atomic E-state index is 0.0147. The lowest BCUT2D eigenvalue weighted by atomic mass is 10.1. The van der Waals surface area contributed by atoms with Crippen molar-refractivity contribution in [3.63, 3.8) is 0 Å². The van der Waals surface area contributed by atoms with Crippen LogP contribution < -0.4 is 5.32 Å². The molecule has 0 aliphatic rings. The highest BCUT2D eigenvalue weighted by molar-refractivity contribution is 7.14. The first kappa shape index (κ1) is 16.2. The van der Waals surface area contributed by atoms with Crippen LogP contribution in [0.5, 0.6) is 0 Å². The van der Waals surface area contributed by atoms with E-state index < -0.39 is 23.4 Å². The third-order valence-electron chi connectivity index (χ3n) is 3.26. The predicted molar refractivity (Wildman–Crippen MR) is 86.2 cm³/mol. The fraction of sp³-hybridized carbons (Fsp3) is 0.0588. The van der Waals surface area contributed by atoms with Crippen molar-refractivity contribution in [2.45, 2.75) is 6.42 Å². The molecule has 24 heavy (non-hydrogen) atoms. The van der Waals surface area contributed by atoms with Gasteiger partial charge in [0.05, 0.1) is 12.1 Å². The summed E-state index contributed by atoms with van der Waals surface area (Å²) in [5.74, 6) is -2.09. The van der Waals surface area contributed by atoms with Gasteiger partial charge in [-0.3, -0.25) is 4.79 Å². The number of rotatable bonds is 4. The van der Waals surface area contributed by atoms with Crippen LogP contribution in [0.3, 0.4) is 0 Å². The van der Waals surface area contributed by atoms with Gasteiger partial charge in [0, 0.05) is 10.9 Å². The highest BCUT2D eigenvalue weighted by atomic mass is 32.1. The molecule has 0 atom stereocenters. The van der Waals surface area contributed by atoms with Crippen LogP contribution in [0.1, 0.15) is 5.56 Å². The molecule has 0 aliphatic carbocycles. The Labute approximate surface area is 139 Å². The Morgan fingerprint density at radius 3 is 2.67 bits per heavy atom. The first-order valence-electron chi connectivity index (χ1n) is 6.97. The molecule has 0 radical (unpaired) electrons. The molecule has 0 aliphatic heterocycles. The van der Waals surface area contributed by atoms with Gasteiger partial charge in [-0.25, -0.2) is 18.2 Å². The van der Waals surface area contributed by atoms with Crippen LogP contribution in [0.4, 0.5) is 18.3 Å². The van der Waals surface area contributed by atoms with E-state index in [-0.39, 0.29) is 28.4 Å². The summed E-state index contributed by atoms with van der Waals surface area (Å²) < 4.78 is 40.5. The van der Waals surface area contributed by atoms with Gasteiger partial charge in [0.15, 0.2) is 5.13 Å². The van der Waals surface area contributed by atoms with Crippen molar-refractivity contribution in [1.82, 2.24) is 4.98 Å². The second-order valence-electron chi connectivity index (χ2n) is 4.98. The van der Waals surface area contributed by atoms with Gasteiger partial charge in [-0.15, -0.1) is 11.3 Å². The van der Waals surface area contributed by atoms with Crippen LogP contribution in [0.15, 0.2) is 47.8 Å². The maximum absolute atomic E-state index is 13.7. The zero-order valence-corrected chi connectivity index (χ0v) is 13.0. The molecule has 0 unspecified atom stereocenters. The van der Waals surface area contributed by atoms with Crippen molar-refractivity contribution >= 4 is 22.4 Å². The highest BCUT2D eigenvalue weighted by Gasteiger charge is 2.13. The average Bonchev–Trinajstić information content (AvgIpc) is 3.00. The number of hydrogen-bond acceptors (Lipinski definition) is 3. The van der Waals surface area contributed by atoms with Gasteiger partial charge < -0.3 is 5.32 Å².